The van der Waals surface area contributed by atoms with Crippen LogP contribution in [0.3, 0.4) is 0 Å². The van der Waals surface area contributed by atoms with Gasteiger partial charge in [0.1, 0.15) is 18.3 Å². The number of benzene rings is 2. The van der Waals surface area contributed by atoms with E-state index in [0.717, 1.165) is 43.7 Å². The van der Waals surface area contributed by atoms with Crippen LogP contribution in [0.1, 0.15) is 43.2 Å². The van der Waals surface area contributed by atoms with E-state index in [1.807, 2.05) is 29.2 Å². The number of piperazine rings is 1. The second kappa shape index (κ2) is 14.5. The molecule has 0 saturated carbocycles. The van der Waals surface area contributed by atoms with Gasteiger partial charge in [-0.25, -0.2) is 4.39 Å². The molecule has 238 valence electrons. The third-order valence-corrected chi connectivity index (χ3v) is 9.69. The molecule has 3 amide bonds. The van der Waals surface area contributed by atoms with Crippen LogP contribution in [0.5, 0.6) is 0 Å². The molecule has 2 aromatic rings. The lowest BCUT2D eigenvalue weighted by atomic mass is 9.92. The Bertz CT molecular complexity index is 1380. The van der Waals surface area contributed by atoms with Crippen molar-refractivity contribution in [1.82, 2.24) is 20.0 Å². The predicted octanol–water partition coefficient (Wildman–Crippen LogP) is 2.74. The summed E-state index contributed by atoms with van der Waals surface area (Å²) in [7, 11) is 0. The third-order valence-electron chi connectivity index (χ3n) is 8.91. The molecule has 2 saturated heterocycles. The number of aliphatic hydroxyl groups is 1. The lowest BCUT2D eigenvalue weighted by Crippen LogP contribution is -2.56. The van der Waals surface area contributed by atoms with Gasteiger partial charge in [0.25, 0.3) is 0 Å². The van der Waals surface area contributed by atoms with E-state index in [4.69, 9.17) is 28.9 Å². The molecule has 3 aliphatic rings. The summed E-state index contributed by atoms with van der Waals surface area (Å²) in [5.74, 6) is -2.34. The Morgan fingerprint density at radius 3 is 2.61 bits per heavy atom. The van der Waals surface area contributed by atoms with Crippen LogP contribution in [0.25, 0.3) is 0 Å². The SMILES string of the molecule is NCC[C@H](NC(=O)[C@@H]1Cc2ccccc2CN1C(=O)CCC(O)N1CCN2CCC[C@@H]2C1)C(=O)Nc1ccc(Cl)c(Cl)c1F. The second-order valence-electron chi connectivity index (χ2n) is 11.7. The van der Waals surface area contributed by atoms with Gasteiger partial charge in [-0.05, 0) is 62.0 Å². The van der Waals surface area contributed by atoms with E-state index in [9.17, 15) is 23.9 Å². The summed E-state index contributed by atoms with van der Waals surface area (Å²) in [6.07, 6.45) is 2.22. The third kappa shape index (κ3) is 7.35. The largest absolute Gasteiger partial charge is 0.378 e. The van der Waals surface area contributed by atoms with Crippen molar-refractivity contribution < 1.29 is 23.9 Å². The van der Waals surface area contributed by atoms with Gasteiger partial charge < -0.3 is 26.4 Å². The topological polar surface area (TPSA) is 131 Å². The number of carbonyl (C=O) groups is 3. The van der Waals surface area contributed by atoms with Crippen LogP contribution >= 0.6 is 23.2 Å². The molecule has 5 N–H and O–H groups in total. The molecule has 2 fully saturated rings. The molecule has 1 unspecified atom stereocenters. The van der Waals surface area contributed by atoms with Crippen molar-refractivity contribution in [2.24, 2.45) is 5.73 Å². The van der Waals surface area contributed by atoms with E-state index in [2.05, 4.69) is 15.5 Å². The van der Waals surface area contributed by atoms with Gasteiger partial charge in [-0.3, -0.25) is 24.2 Å². The van der Waals surface area contributed by atoms with Gasteiger partial charge in [0, 0.05) is 45.1 Å². The number of halogens is 3. The molecular formula is C31H39Cl2FN6O4. The number of carbonyl (C=O) groups excluding carboxylic acids is 3. The van der Waals surface area contributed by atoms with Crippen molar-refractivity contribution in [3.63, 3.8) is 0 Å². The number of rotatable bonds is 10. The maximum Gasteiger partial charge on any atom is 0.247 e. The molecule has 0 bridgehead atoms. The first-order valence-electron chi connectivity index (χ1n) is 15.1. The van der Waals surface area contributed by atoms with Crippen molar-refractivity contribution in [3.05, 3.63) is 63.4 Å². The maximum atomic E-state index is 14.6. The summed E-state index contributed by atoms with van der Waals surface area (Å²) in [6.45, 7) is 3.86. The average Bonchev–Trinajstić information content (AvgIpc) is 3.51. The van der Waals surface area contributed by atoms with Gasteiger partial charge in [-0.2, -0.15) is 0 Å². The molecule has 2 aromatic carbocycles. The molecule has 3 aliphatic heterocycles. The number of anilines is 1. The minimum atomic E-state index is -1.09. The summed E-state index contributed by atoms with van der Waals surface area (Å²) in [5, 5.41) is 15.8. The molecule has 5 rings (SSSR count). The molecule has 44 heavy (non-hydrogen) atoms. The highest BCUT2D eigenvalue weighted by Crippen LogP contribution is 2.30. The Morgan fingerprint density at radius 2 is 1.84 bits per heavy atom. The Labute approximate surface area is 266 Å². The number of hydrogen-bond acceptors (Lipinski definition) is 7. The van der Waals surface area contributed by atoms with Crippen LogP contribution < -0.4 is 16.4 Å². The van der Waals surface area contributed by atoms with E-state index < -0.39 is 35.9 Å². The summed E-state index contributed by atoms with van der Waals surface area (Å²) in [6, 6.07) is 8.72. The zero-order valence-corrected chi connectivity index (χ0v) is 26.0. The number of amides is 3. The van der Waals surface area contributed by atoms with Gasteiger partial charge in [0.2, 0.25) is 17.7 Å². The van der Waals surface area contributed by atoms with E-state index in [1.54, 1.807) is 0 Å². The van der Waals surface area contributed by atoms with Crippen molar-refractivity contribution in [3.8, 4) is 0 Å². The van der Waals surface area contributed by atoms with E-state index in [1.165, 1.54) is 23.5 Å². The van der Waals surface area contributed by atoms with E-state index in [-0.39, 0.29) is 60.4 Å². The first-order chi connectivity index (χ1) is 21.2. The number of nitrogens with one attached hydrogen (secondary N) is 2. The summed E-state index contributed by atoms with van der Waals surface area (Å²) >= 11 is 11.7. The molecule has 10 nitrogen and oxygen atoms in total. The zero-order valence-electron chi connectivity index (χ0n) is 24.5. The van der Waals surface area contributed by atoms with Gasteiger partial charge >= 0.3 is 0 Å². The molecule has 4 atom stereocenters. The fraction of sp³-hybridized carbons (Fsp3) is 0.516. The van der Waals surface area contributed by atoms with E-state index in [0.29, 0.717) is 6.04 Å². The van der Waals surface area contributed by atoms with Gasteiger partial charge in [-0.1, -0.05) is 47.5 Å². The molecule has 3 heterocycles. The monoisotopic (exact) mass is 648 g/mol. The van der Waals surface area contributed by atoms with Crippen LogP contribution in [0.4, 0.5) is 10.1 Å². The lowest BCUT2D eigenvalue weighted by Gasteiger charge is -2.40. The van der Waals surface area contributed by atoms with Crippen LogP contribution in [-0.4, -0.2) is 94.6 Å². The van der Waals surface area contributed by atoms with E-state index >= 15 is 0 Å². The zero-order chi connectivity index (χ0) is 31.4. The predicted molar refractivity (Wildman–Crippen MR) is 167 cm³/mol. The van der Waals surface area contributed by atoms with Crippen LogP contribution in [0.15, 0.2) is 36.4 Å². The molecular weight excluding hydrogens is 610 g/mol. The molecule has 0 aromatic heterocycles. The van der Waals surface area contributed by atoms with Crippen molar-refractivity contribution >= 4 is 46.6 Å². The van der Waals surface area contributed by atoms with Crippen LogP contribution in [0, 0.1) is 5.82 Å². The first-order valence-corrected chi connectivity index (χ1v) is 15.9. The van der Waals surface area contributed by atoms with Crippen molar-refractivity contribution in [1.29, 1.82) is 0 Å². The summed E-state index contributed by atoms with van der Waals surface area (Å²) < 4.78 is 14.6. The number of nitrogens with two attached hydrogens (primary N) is 1. The molecule has 0 aliphatic carbocycles. The highest BCUT2D eigenvalue weighted by molar-refractivity contribution is 6.42. The average molecular weight is 650 g/mol. The Kier molecular flexibility index (Phi) is 10.8. The Hall–Kier alpha value is -2.80. The molecule has 0 spiro atoms. The Balaban J connectivity index is 1.26. The van der Waals surface area contributed by atoms with Gasteiger partial charge in [-0.15, -0.1) is 0 Å². The fourth-order valence-electron chi connectivity index (χ4n) is 6.43. The number of aliphatic hydroxyl groups excluding tert-OH is 1. The maximum absolute atomic E-state index is 14.6. The minimum Gasteiger partial charge on any atom is -0.378 e. The minimum absolute atomic E-state index is 0.000204. The fourth-order valence-corrected chi connectivity index (χ4v) is 6.74. The van der Waals surface area contributed by atoms with Gasteiger partial charge in [0.05, 0.1) is 15.7 Å². The lowest BCUT2D eigenvalue weighted by molar-refractivity contribution is -0.143. The smallest absolute Gasteiger partial charge is 0.247 e. The second-order valence-corrected chi connectivity index (χ2v) is 12.5. The molecule has 13 heteroatoms. The standard InChI is InChI=1S/C31H39Cl2FN6O4/c32-22-7-8-23(29(34)28(22)33)36-30(43)24(11-12-35)37-31(44)25-16-19-4-1-2-5-20(19)17-40(25)27(42)10-9-26(41)39-15-14-38-13-3-6-21(38)18-39/h1-2,4-5,7-8,21,24-26,41H,3,6,9-18,35H2,(H,36,43)(H,37,44)/t21-,24+,25+,26?/m1/s1. The highest BCUT2D eigenvalue weighted by atomic mass is 35.5. The number of nitrogens with zero attached hydrogens (tertiary/aromatic N) is 3. The van der Waals surface area contributed by atoms with Crippen molar-refractivity contribution in [2.45, 2.75) is 69.4 Å². The number of hydrogen-bond donors (Lipinski definition) is 4. The summed E-state index contributed by atoms with van der Waals surface area (Å²) in [4.78, 5) is 46.5. The van der Waals surface area contributed by atoms with Crippen molar-refractivity contribution in [2.75, 3.05) is 38.0 Å². The number of fused-ring (bicyclic) bond motifs is 2. The van der Waals surface area contributed by atoms with Gasteiger partial charge in [0.15, 0.2) is 5.82 Å². The Morgan fingerprint density at radius 1 is 1.07 bits per heavy atom. The highest BCUT2D eigenvalue weighted by Gasteiger charge is 2.37. The normalized spacial score (nSPS) is 21.7. The van der Waals surface area contributed by atoms with Crippen LogP contribution in [0.2, 0.25) is 10.0 Å². The first kappa shape index (κ1) is 32.6. The molecule has 0 radical (unpaired) electrons. The summed E-state index contributed by atoms with van der Waals surface area (Å²) in [5.41, 5.74) is 7.44. The quantitative estimate of drug-likeness (QED) is 0.291. The van der Waals surface area contributed by atoms with Crippen LogP contribution in [-0.2, 0) is 27.3 Å².